The van der Waals surface area contributed by atoms with Crippen molar-refractivity contribution in [2.75, 3.05) is 18.5 Å². The Bertz CT molecular complexity index is 1170. The normalized spacial score (nSPS) is 19.2. The number of aromatic nitrogens is 2. The lowest BCUT2D eigenvalue weighted by Crippen LogP contribution is -2.45. The number of rotatable bonds is 4. The molecule has 156 valence electrons. The molecule has 1 atom stereocenters. The number of ether oxygens (including phenoxy) is 1. The van der Waals surface area contributed by atoms with Crippen molar-refractivity contribution >= 4 is 40.1 Å². The number of aromatic amines is 1. The topological polar surface area (TPSA) is 105 Å². The van der Waals surface area contributed by atoms with Crippen molar-refractivity contribution in [2.24, 2.45) is 10.7 Å². The molecule has 0 radical (unpaired) electrons. The molecule has 0 saturated heterocycles. The number of nitrogens with two attached hydrogens (primary N) is 1. The zero-order valence-corrected chi connectivity index (χ0v) is 16.0. The van der Waals surface area contributed by atoms with Crippen molar-refractivity contribution in [1.29, 1.82) is 0 Å². The number of pyridine rings is 1. The van der Waals surface area contributed by atoms with Crippen LogP contribution in [0.25, 0.3) is 11.0 Å². The number of nitrogens with one attached hydrogen (secondary N) is 2. The summed E-state index contributed by atoms with van der Waals surface area (Å²) in [6, 6.07) is 6.39. The molecule has 1 aliphatic heterocycles. The largest absolute Gasteiger partial charge is 0.385 e. The number of amides is 1. The summed E-state index contributed by atoms with van der Waals surface area (Å²) < 4.78 is 47.4. The number of benzene rings is 1. The highest BCUT2D eigenvalue weighted by Crippen LogP contribution is 2.38. The van der Waals surface area contributed by atoms with Crippen LogP contribution in [0.5, 0.6) is 0 Å². The lowest BCUT2D eigenvalue weighted by Gasteiger charge is -2.33. The number of amidine groups is 1. The lowest BCUT2D eigenvalue weighted by atomic mass is 9.90. The van der Waals surface area contributed by atoms with Crippen molar-refractivity contribution in [1.82, 2.24) is 9.97 Å². The van der Waals surface area contributed by atoms with Crippen LogP contribution in [-0.4, -0.2) is 41.3 Å². The highest BCUT2D eigenvalue weighted by molar-refractivity contribution is 6.35. The minimum absolute atomic E-state index is 0.0544. The lowest BCUT2D eigenvalue weighted by molar-refractivity contribution is -0.0145. The fraction of sp³-hybridized carbons (Fsp3) is 0.211. The molecule has 0 saturated carbocycles. The van der Waals surface area contributed by atoms with E-state index in [2.05, 4.69) is 20.3 Å². The van der Waals surface area contributed by atoms with Gasteiger partial charge in [0.2, 0.25) is 0 Å². The van der Waals surface area contributed by atoms with Gasteiger partial charge in [-0.05, 0) is 30.3 Å². The molecule has 0 bridgehead atoms. The number of carbonyl (C=O) groups is 1. The van der Waals surface area contributed by atoms with Gasteiger partial charge in [-0.1, -0.05) is 11.6 Å². The molecule has 0 unspecified atom stereocenters. The summed E-state index contributed by atoms with van der Waals surface area (Å²) in [7, 11) is 0. The zero-order chi connectivity index (χ0) is 21.5. The van der Waals surface area contributed by atoms with Gasteiger partial charge in [0.05, 0.1) is 11.6 Å². The quantitative estimate of drug-likeness (QED) is 0.581. The number of aliphatic imine (C=N–C) groups is 1. The minimum atomic E-state index is -3.08. The van der Waals surface area contributed by atoms with E-state index in [1.807, 2.05) is 0 Å². The number of halogens is 4. The number of anilines is 1. The third kappa shape index (κ3) is 3.48. The number of H-pyrrole nitrogens is 1. The average molecular weight is 438 g/mol. The number of fused-ring (bicyclic) bond motifs is 1. The molecule has 4 N–H and O–H groups in total. The minimum Gasteiger partial charge on any atom is -0.385 e. The summed E-state index contributed by atoms with van der Waals surface area (Å²) in [5, 5.41) is 3.62. The number of hydrogen-bond acceptors (Lipinski definition) is 5. The summed E-state index contributed by atoms with van der Waals surface area (Å²) in [5.41, 5.74) is 3.37. The Morgan fingerprint density at radius 1 is 1.33 bits per heavy atom. The maximum Gasteiger partial charge on any atom is 0.274 e. The van der Waals surface area contributed by atoms with Crippen LogP contribution in [0.1, 0.15) is 16.1 Å². The van der Waals surface area contributed by atoms with E-state index in [9.17, 15) is 18.0 Å². The van der Waals surface area contributed by atoms with E-state index in [0.717, 1.165) is 12.1 Å². The molecule has 2 aromatic heterocycles. The van der Waals surface area contributed by atoms with Gasteiger partial charge in [0.15, 0.2) is 5.54 Å². The summed E-state index contributed by atoms with van der Waals surface area (Å²) in [6.07, 6.45) is -1.55. The van der Waals surface area contributed by atoms with E-state index in [1.54, 1.807) is 6.07 Å². The Morgan fingerprint density at radius 3 is 2.87 bits per heavy atom. The first-order valence-corrected chi connectivity index (χ1v) is 9.13. The third-order valence-corrected chi connectivity index (χ3v) is 5.00. The van der Waals surface area contributed by atoms with Crippen LogP contribution < -0.4 is 11.1 Å². The van der Waals surface area contributed by atoms with Crippen LogP contribution in [-0.2, 0) is 10.3 Å². The molecule has 11 heteroatoms. The first kappa shape index (κ1) is 20.2. The molecule has 1 aromatic carbocycles. The second-order valence-electron chi connectivity index (χ2n) is 6.70. The molecule has 7 nitrogen and oxygen atoms in total. The van der Waals surface area contributed by atoms with Crippen molar-refractivity contribution in [2.45, 2.75) is 12.0 Å². The predicted molar refractivity (Wildman–Crippen MR) is 106 cm³/mol. The molecule has 3 heterocycles. The van der Waals surface area contributed by atoms with E-state index < -0.39 is 35.9 Å². The van der Waals surface area contributed by atoms with Crippen LogP contribution in [0.2, 0.25) is 5.02 Å². The smallest absolute Gasteiger partial charge is 0.274 e. The van der Waals surface area contributed by atoms with Gasteiger partial charge in [0.25, 0.3) is 12.3 Å². The molecular weight excluding hydrogens is 423 g/mol. The molecule has 1 amide bonds. The fourth-order valence-corrected chi connectivity index (χ4v) is 3.43. The summed E-state index contributed by atoms with van der Waals surface area (Å²) in [6.45, 7) is -0.672. The molecule has 30 heavy (non-hydrogen) atoms. The van der Waals surface area contributed by atoms with Crippen LogP contribution in [0, 0.1) is 5.82 Å². The van der Waals surface area contributed by atoms with E-state index in [0.29, 0.717) is 16.1 Å². The molecule has 3 aromatic rings. The second-order valence-corrected chi connectivity index (χ2v) is 7.11. The van der Waals surface area contributed by atoms with E-state index in [4.69, 9.17) is 22.1 Å². The Kier molecular flexibility index (Phi) is 5.12. The van der Waals surface area contributed by atoms with Gasteiger partial charge in [-0.3, -0.25) is 9.79 Å². The molecule has 0 spiro atoms. The summed E-state index contributed by atoms with van der Waals surface area (Å²) >= 11 is 5.99. The van der Waals surface area contributed by atoms with Gasteiger partial charge in [0, 0.05) is 22.8 Å². The maximum absolute atomic E-state index is 14.5. The Labute approximate surface area is 173 Å². The maximum atomic E-state index is 14.5. The third-order valence-electron chi connectivity index (χ3n) is 4.69. The van der Waals surface area contributed by atoms with Gasteiger partial charge < -0.3 is 20.8 Å². The Hall–Kier alpha value is -3.11. The van der Waals surface area contributed by atoms with E-state index in [1.165, 1.54) is 18.3 Å². The number of carbonyl (C=O) groups excluding carboxylic acids is 1. The monoisotopic (exact) mass is 437 g/mol. The van der Waals surface area contributed by atoms with Crippen LogP contribution >= 0.6 is 11.6 Å². The van der Waals surface area contributed by atoms with Crippen LogP contribution in [0.3, 0.4) is 0 Å². The Morgan fingerprint density at radius 2 is 2.13 bits per heavy atom. The van der Waals surface area contributed by atoms with E-state index in [-0.39, 0.29) is 23.8 Å². The van der Waals surface area contributed by atoms with Crippen molar-refractivity contribution < 1.29 is 22.7 Å². The molecule has 4 rings (SSSR count). The predicted octanol–water partition coefficient (Wildman–Crippen LogP) is 3.46. The first-order valence-electron chi connectivity index (χ1n) is 8.75. The van der Waals surface area contributed by atoms with Gasteiger partial charge in [0.1, 0.15) is 29.6 Å². The van der Waals surface area contributed by atoms with Crippen LogP contribution in [0.4, 0.5) is 18.9 Å². The molecule has 0 fully saturated rings. The fourth-order valence-electron chi connectivity index (χ4n) is 3.23. The van der Waals surface area contributed by atoms with Crippen molar-refractivity contribution in [3.63, 3.8) is 0 Å². The zero-order valence-electron chi connectivity index (χ0n) is 15.3. The SMILES string of the molecule is NC1=N[C@@](c2cc(NC(=O)c3ccc4c(Cl)c[nH]c4n3)ccc2F)(C(F)F)COC1. The van der Waals surface area contributed by atoms with Gasteiger partial charge >= 0.3 is 0 Å². The Balaban J connectivity index is 1.67. The summed E-state index contributed by atoms with van der Waals surface area (Å²) in [5.74, 6) is -1.71. The highest BCUT2D eigenvalue weighted by Gasteiger charge is 2.46. The number of nitrogens with zero attached hydrogens (tertiary/aromatic N) is 2. The standard InChI is InChI=1S/C19H15ClF3N5O2/c20-12-6-25-16-10(12)2-4-14(27-16)17(29)26-9-1-3-13(21)11(5-9)19(18(22)23)8-30-7-15(24)28-19/h1-6,18H,7-8H2,(H2,24,28)(H,25,27)(H,26,29)/t19-/m0/s1. The van der Waals surface area contributed by atoms with Gasteiger partial charge in [-0.2, -0.15) is 0 Å². The van der Waals surface area contributed by atoms with E-state index >= 15 is 0 Å². The molecule has 1 aliphatic rings. The highest BCUT2D eigenvalue weighted by atomic mass is 35.5. The number of alkyl halides is 2. The molecule has 0 aliphatic carbocycles. The first-order chi connectivity index (χ1) is 14.3. The van der Waals surface area contributed by atoms with Crippen molar-refractivity contribution in [3.05, 3.63) is 58.6 Å². The van der Waals surface area contributed by atoms with Crippen LogP contribution in [0.15, 0.2) is 41.5 Å². The van der Waals surface area contributed by atoms with Gasteiger partial charge in [-0.25, -0.2) is 18.2 Å². The van der Waals surface area contributed by atoms with Gasteiger partial charge in [-0.15, -0.1) is 0 Å². The summed E-state index contributed by atoms with van der Waals surface area (Å²) in [4.78, 5) is 23.4. The van der Waals surface area contributed by atoms with Crippen molar-refractivity contribution in [3.8, 4) is 0 Å². The second kappa shape index (κ2) is 7.62. The average Bonchev–Trinajstić information content (AvgIpc) is 3.09. The number of hydrogen-bond donors (Lipinski definition) is 3. The molecular formula is C19H15ClF3N5O2.